The van der Waals surface area contributed by atoms with Crippen LogP contribution in [0.3, 0.4) is 0 Å². The molecule has 1 atom stereocenters. The maximum Gasteiger partial charge on any atom is 0.304 e. The Balaban J connectivity index is 0.00000320. The molecule has 0 spiro atoms. The zero-order chi connectivity index (χ0) is 20.8. The fraction of sp³-hybridized carbons (Fsp3) is 0.409. The predicted octanol–water partition coefficient (Wildman–Crippen LogP) is 5.40. The van der Waals surface area contributed by atoms with Gasteiger partial charge in [0.05, 0.1) is 19.1 Å². The SMILES string of the molecule is CCc1cc(Cl)c(COc2ccc(C3CN(CCC(=O)O)CCO3)cc2)c(Cl)c1.Cl. The van der Waals surface area contributed by atoms with Crippen LogP contribution in [-0.4, -0.2) is 42.2 Å². The summed E-state index contributed by atoms with van der Waals surface area (Å²) in [6, 6.07) is 11.6. The third-order valence-electron chi connectivity index (χ3n) is 5.04. The summed E-state index contributed by atoms with van der Waals surface area (Å²) in [5, 5.41) is 10.1. The van der Waals surface area contributed by atoms with Crippen LogP contribution < -0.4 is 4.74 Å². The van der Waals surface area contributed by atoms with Crippen LogP contribution in [0.4, 0.5) is 0 Å². The predicted molar refractivity (Wildman–Crippen MR) is 121 cm³/mol. The molecule has 1 saturated heterocycles. The third-order valence-corrected chi connectivity index (χ3v) is 5.71. The van der Waals surface area contributed by atoms with E-state index in [0.717, 1.165) is 35.4 Å². The number of benzene rings is 2. The van der Waals surface area contributed by atoms with Crippen LogP contribution in [0.15, 0.2) is 36.4 Å². The topological polar surface area (TPSA) is 59.0 Å². The molecular formula is C22H26Cl3NO4. The third kappa shape index (κ3) is 6.76. The van der Waals surface area contributed by atoms with Crippen LogP contribution in [0.1, 0.15) is 36.1 Å². The number of morpholine rings is 1. The number of carboxylic acids is 1. The Labute approximate surface area is 193 Å². The highest BCUT2D eigenvalue weighted by Gasteiger charge is 2.22. The van der Waals surface area contributed by atoms with Gasteiger partial charge in [-0.3, -0.25) is 9.69 Å². The highest BCUT2D eigenvalue weighted by Crippen LogP contribution is 2.29. The average Bonchev–Trinajstić information content (AvgIpc) is 2.72. The first-order valence-electron chi connectivity index (χ1n) is 9.71. The largest absolute Gasteiger partial charge is 0.489 e. The van der Waals surface area contributed by atoms with E-state index >= 15 is 0 Å². The van der Waals surface area contributed by atoms with Crippen molar-refractivity contribution in [2.45, 2.75) is 32.5 Å². The molecule has 1 N–H and O–H groups in total. The van der Waals surface area contributed by atoms with Gasteiger partial charge in [-0.05, 0) is 41.8 Å². The Morgan fingerprint density at radius 2 is 1.90 bits per heavy atom. The fourth-order valence-corrected chi connectivity index (χ4v) is 3.93. The molecule has 164 valence electrons. The molecule has 2 aromatic carbocycles. The van der Waals surface area contributed by atoms with Crippen molar-refractivity contribution in [3.63, 3.8) is 0 Å². The van der Waals surface area contributed by atoms with Gasteiger partial charge < -0.3 is 14.6 Å². The van der Waals surface area contributed by atoms with Gasteiger partial charge in [-0.2, -0.15) is 0 Å². The number of rotatable bonds is 8. The van der Waals surface area contributed by atoms with Gasteiger partial charge in [0.1, 0.15) is 12.4 Å². The van der Waals surface area contributed by atoms with Crippen molar-refractivity contribution < 1.29 is 19.4 Å². The molecule has 1 aliphatic heterocycles. The van der Waals surface area contributed by atoms with Crippen molar-refractivity contribution >= 4 is 41.6 Å². The number of aliphatic carboxylic acids is 1. The van der Waals surface area contributed by atoms with Gasteiger partial charge in [0, 0.05) is 35.2 Å². The van der Waals surface area contributed by atoms with Crippen molar-refractivity contribution in [3.05, 3.63) is 63.1 Å². The summed E-state index contributed by atoms with van der Waals surface area (Å²) in [6.45, 7) is 4.92. The van der Waals surface area contributed by atoms with Gasteiger partial charge in [-0.25, -0.2) is 0 Å². The zero-order valence-corrected chi connectivity index (χ0v) is 19.1. The lowest BCUT2D eigenvalue weighted by Crippen LogP contribution is -2.39. The summed E-state index contributed by atoms with van der Waals surface area (Å²) in [5.74, 6) is -0.0573. The van der Waals surface area contributed by atoms with Gasteiger partial charge in [0.2, 0.25) is 0 Å². The quantitative estimate of drug-likeness (QED) is 0.555. The van der Waals surface area contributed by atoms with E-state index in [1.54, 1.807) is 0 Å². The number of carbonyl (C=O) groups is 1. The van der Waals surface area contributed by atoms with Crippen molar-refractivity contribution in [2.75, 3.05) is 26.2 Å². The molecule has 0 saturated carbocycles. The Bertz CT molecular complexity index is 822. The molecule has 0 bridgehead atoms. The number of carboxylic acid groups (broad SMARTS) is 1. The van der Waals surface area contributed by atoms with Gasteiger partial charge >= 0.3 is 5.97 Å². The van der Waals surface area contributed by atoms with Crippen LogP contribution in [0.25, 0.3) is 0 Å². The van der Waals surface area contributed by atoms with Gasteiger partial charge in [0.25, 0.3) is 0 Å². The molecule has 0 aromatic heterocycles. The minimum atomic E-state index is -0.779. The first-order valence-corrected chi connectivity index (χ1v) is 10.5. The van der Waals surface area contributed by atoms with Gasteiger partial charge in [-0.15, -0.1) is 12.4 Å². The molecule has 30 heavy (non-hydrogen) atoms. The highest BCUT2D eigenvalue weighted by molar-refractivity contribution is 6.36. The number of halogens is 3. The van der Waals surface area contributed by atoms with E-state index in [1.165, 1.54) is 0 Å². The van der Waals surface area contributed by atoms with Crippen LogP contribution in [0.2, 0.25) is 10.0 Å². The van der Waals surface area contributed by atoms with Crippen LogP contribution in [0, 0.1) is 0 Å². The fourth-order valence-electron chi connectivity index (χ4n) is 3.29. The van der Waals surface area contributed by atoms with Gasteiger partial charge in [0.15, 0.2) is 0 Å². The normalized spacial score (nSPS) is 16.7. The number of aryl methyl sites for hydroxylation is 1. The van der Waals surface area contributed by atoms with Crippen molar-refractivity contribution in [2.24, 2.45) is 0 Å². The second kappa shape index (κ2) is 11.8. The molecule has 8 heteroatoms. The minimum Gasteiger partial charge on any atom is -0.489 e. The van der Waals surface area contributed by atoms with E-state index in [9.17, 15) is 4.79 Å². The summed E-state index contributed by atoms with van der Waals surface area (Å²) in [7, 11) is 0. The van der Waals surface area contributed by atoms with Gasteiger partial charge in [-0.1, -0.05) is 42.3 Å². The molecule has 1 unspecified atom stereocenters. The molecule has 0 amide bonds. The second-order valence-corrected chi connectivity index (χ2v) is 7.87. The maximum absolute atomic E-state index is 10.8. The molecule has 1 heterocycles. The minimum absolute atomic E-state index is 0. The van der Waals surface area contributed by atoms with Crippen molar-refractivity contribution in [3.8, 4) is 5.75 Å². The highest BCUT2D eigenvalue weighted by atomic mass is 35.5. The van der Waals surface area contributed by atoms with E-state index < -0.39 is 5.97 Å². The van der Waals surface area contributed by atoms with Crippen molar-refractivity contribution in [1.82, 2.24) is 4.90 Å². The van der Waals surface area contributed by atoms with E-state index in [1.807, 2.05) is 36.4 Å². The summed E-state index contributed by atoms with van der Waals surface area (Å²) in [5.41, 5.74) is 2.91. The standard InChI is InChI=1S/C22H25Cl2NO4.ClH/c1-2-15-11-19(23)18(20(24)12-15)14-29-17-5-3-16(4-6-17)21-13-25(9-10-28-21)8-7-22(26)27;/h3-6,11-12,21H,2,7-10,13-14H2,1H3,(H,26,27);1H. The lowest BCUT2D eigenvalue weighted by molar-refractivity contribution is -0.137. The summed E-state index contributed by atoms with van der Waals surface area (Å²) in [6.07, 6.45) is 0.945. The Morgan fingerprint density at radius 1 is 1.23 bits per heavy atom. The molecule has 1 fully saturated rings. The summed E-state index contributed by atoms with van der Waals surface area (Å²) in [4.78, 5) is 12.9. The smallest absolute Gasteiger partial charge is 0.304 e. The number of hydrogen-bond acceptors (Lipinski definition) is 4. The van der Waals surface area contributed by atoms with E-state index in [4.69, 9.17) is 37.8 Å². The van der Waals surface area contributed by atoms with Crippen molar-refractivity contribution in [1.29, 1.82) is 0 Å². The van der Waals surface area contributed by atoms with Crippen LogP contribution in [0.5, 0.6) is 5.75 Å². The molecular weight excluding hydrogens is 449 g/mol. The van der Waals surface area contributed by atoms with E-state index in [-0.39, 0.29) is 24.9 Å². The first-order chi connectivity index (χ1) is 14.0. The molecule has 3 rings (SSSR count). The second-order valence-electron chi connectivity index (χ2n) is 7.05. The summed E-state index contributed by atoms with van der Waals surface area (Å²) < 4.78 is 11.7. The molecule has 0 aliphatic carbocycles. The maximum atomic E-state index is 10.8. The number of hydrogen-bond donors (Lipinski definition) is 1. The molecule has 2 aromatic rings. The van der Waals surface area contributed by atoms with E-state index in [2.05, 4.69) is 11.8 Å². The molecule has 1 aliphatic rings. The zero-order valence-electron chi connectivity index (χ0n) is 16.8. The number of ether oxygens (including phenoxy) is 2. The molecule has 5 nitrogen and oxygen atoms in total. The monoisotopic (exact) mass is 473 g/mol. The lowest BCUT2D eigenvalue weighted by Gasteiger charge is -2.32. The summed E-state index contributed by atoms with van der Waals surface area (Å²) >= 11 is 12.7. The Kier molecular flexibility index (Phi) is 9.72. The first kappa shape index (κ1) is 24.8. The van der Waals surface area contributed by atoms with Crippen LogP contribution >= 0.6 is 35.6 Å². The average molecular weight is 475 g/mol. The van der Waals surface area contributed by atoms with Crippen LogP contribution in [-0.2, 0) is 22.6 Å². The molecule has 0 radical (unpaired) electrons. The lowest BCUT2D eigenvalue weighted by atomic mass is 10.1. The number of nitrogens with zero attached hydrogens (tertiary/aromatic N) is 1. The Hall–Kier alpha value is -1.50. The van der Waals surface area contributed by atoms with E-state index in [0.29, 0.717) is 36.3 Å². The Morgan fingerprint density at radius 3 is 2.50 bits per heavy atom.